The maximum Gasteiger partial charge on any atom is 0.316 e. The first kappa shape index (κ1) is 35.7. The molecule has 3 heterocycles. The lowest BCUT2D eigenvalue weighted by Gasteiger charge is -2.43. The molecule has 3 amide bonds. The molecule has 3 aliphatic rings. The van der Waals surface area contributed by atoms with Crippen LogP contribution in [0.4, 0.5) is 9.59 Å². The number of hydrogen-bond acceptors (Lipinski definition) is 10. The third-order valence-electron chi connectivity index (χ3n) is 9.13. The topological polar surface area (TPSA) is 170 Å². The predicted molar refractivity (Wildman–Crippen MR) is 172 cm³/mol. The van der Waals surface area contributed by atoms with Gasteiger partial charge >= 0.3 is 6.03 Å². The summed E-state index contributed by atoms with van der Waals surface area (Å²) in [6, 6.07) is 11.4. The highest BCUT2D eigenvalue weighted by molar-refractivity contribution is 7.89. The molecule has 0 unspecified atom stereocenters. The quantitative estimate of drug-likeness (QED) is 0.296. The summed E-state index contributed by atoms with van der Waals surface area (Å²) in [6.45, 7) is 3.99. The Hall–Kier alpha value is -3.63. The molecule has 2 aromatic rings. The molecule has 2 N–H and O–H groups in total. The Kier molecular flexibility index (Phi) is 11.0. The van der Waals surface area contributed by atoms with Crippen LogP contribution in [-0.4, -0.2) is 118 Å². The highest BCUT2D eigenvalue weighted by atomic mass is 32.2. The number of aliphatic hydroxyl groups excluding tert-OH is 1. The molecule has 3 aliphatic heterocycles. The van der Waals surface area contributed by atoms with E-state index < -0.39 is 52.6 Å². The lowest BCUT2D eigenvalue weighted by atomic mass is 9.89. The van der Waals surface area contributed by atoms with Gasteiger partial charge in [-0.15, -0.1) is 0 Å². The van der Waals surface area contributed by atoms with E-state index in [0.717, 1.165) is 10.5 Å². The van der Waals surface area contributed by atoms with Crippen LogP contribution in [0.15, 0.2) is 53.4 Å². The Morgan fingerprint density at radius 3 is 2.52 bits per heavy atom. The van der Waals surface area contributed by atoms with Crippen LogP contribution in [0.5, 0.6) is 11.5 Å². The van der Waals surface area contributed by atoms with Gasteiger partial charge in [0, 0.05) is 45.7 Å². The number of amides is 3. The summed E-state index contributed by atoms with van der Waals surface area (Å²) >= 11 is 0. The zero-order valence-corrected chi connectivity index (χ0v) is 28.6. The van der Waals surface area contributed by atoms with Crippen molar-refractivity contribution in [1.82, 2.24) is 19.4 Å². The Morgan fingerprint density at radius 2 is 1.81 bits per heavy atom. The molecular weight excluding hydrogens is 644 g/mol. The van der Waals surface area contributed by atoms with Gasteiger partial charge in [-0.1, -0.05) is 44.2 Å². The van der Waals surface area contributed by atoms with E-state index in [4.69, 9.17) is 18.9 Å². The molecule has 0 saturated carbocycles. The smallest absolute Gasteiger partial charge is 0.316 e. The fourth-order valence-electron chi connectivity index (χ4n) is 6.51. The first-order valence-electron chi connectivity index (χ1n) is 16.1. The minimum absolute atomic E-state index is 0.0367. The number of nitrogens with zero attached hydrogens (tertiary/aromatic N) is 3. The Bertz CT molecular complexity index is 1540. The summed E-state index contributed by atoms with van der Waals surface area (Å²) < 4.78 is 52.1. The van der Waals surface area contributed by atoms with Crippen molar-refractivity contribution in [3.05, 3.63) is 54.1 Å². The third-order valence-corrected chi connectivity index (χ3v) is 10.9. The van der Waals surface area contributed by atoms with Crippen LogP contribution in [0.25, 0.3) is 0 Å². The van der Waals surface area contributed by atoms with E-state index in [-0.39, 0.29) is 55.5 Å². The molecule has 0 radical (unpaired) electrons. The largest absolute Gasteiger partial charge is 0.530 e. The number of rotatable bonds is 14. The number of nitrogens with one attached hydrogen (secondary N) is 1. The molecule has 2 fully saturated rings. The van der Waals surface area contributed by atoms with Gasteiger partial charge in [0.15, 0.2) is 17.8 Å². The van der Waals surface area contributed by atoms with Gasteiger partial charge in [-0.3, -0.25) is 0 Å². The number of sulfonamides is 1. The van der Waals surface area contributed by atoms with E-state index in [1.807, 2.05) is 44.2 Å². The van der Waals surface area contributed by atoms with Crippen molar-refractivity contribution >= 4 is 22.1 Å². The van der Waals surface area contributed by atoms with E-state index >= 15 is 0 Å². The van der Waals surface area contributed by atoms with Crippen LogP contribution in [0, 0.1) is 11.3 Å². The van der Waals surface area contributed by atoms with Crippen molar-refractivity contribution in [3.8, 4) is 11.5 Å². The standard InChI is InChI=1S/C33H46N4O10S/c1-33(2,13-14-34-31(39)35(3)4)20-36(48(42,43)23-10-11-28-29(17-23)47-21-46-28)18-27(38)25(16-22-8-6-5-7-9-22)37(32(40)41)26-19-45-30-24(26)12-15-44-30/h5-11,17,24-27,30,38H,12-16,18-21H2,1-4H3,(H,34,39)(H,40,41)/p-1/t24-,25-,26-,27+,30+/m0/s1. The average Bonchev–Trinajstić information content (AvgIpc) is 3.79. The first-order chi connectivity index (χ1) is 22.8. The van der Waals surface area contributed by atoms with E-state index in [2.05, 4.69) is 5.32 Å². The van der Waals surface area contributed by atoms with E-state index in [9.17, 15) is 28.2 Å². The maximum atomic E-state index is 14.4. The number of carboxylic acid groups (broad SMARTS) is 1. The highest BCUT2D eigenvalue weighted by Gasteiger charge is 2.47. The summed E-state index contributed by atoms with van der Waals surface area (Å²) in [6.07, 6.45) is -2.42. The van der Waals surface area contributed by atoms with Gasteiger partial charge in [-0.05, 0) is 42.4 Å². The third kappa shape index (κ3) is 8.14. The molecule has 2 saturated heterocycles. The number of benzene rings is 2. The van der Waals surface area contributed by atoms with Gasteiger partial charge in [-0.2, -0.15) is 4.31 Å². The van der Waals surface area contributed by atoms with Gasteiger partial charge in [-0.25, -0.2) is 13.2 Å². The van der Waals surface area contributed by atoms with Gasteiger partial charge in [0.25, 0.3) is 0 Å². The lowest BCUT2D eigenvalue weighted by molar-refractivity contribution is -0.273. The van der Waals surface area contributed by atoms with Crippen LogP contribution in [0.2, 0.25) is 0 Å². The summed E-state index contributed by atoms with van der Waals surface area (Å²) in [5.41, 5.74) is 0.0763. The number of fused-ring (bicyclic) bond motifs is 2. The molecule has 0 bridgehead atoms. The summed E-state index contributed by atoms with van der Waals surface area (Å²) in [5.74, 6) is 0.443. The van der Waals surface area contributed by atoms with Gasteiger partial charge in [0.05, 0.1) is 36.3 Å². The molecule has 0 aliphatic carbocycles. The molecule has 14 nitrogen and oxygen atoms in total. The molecule has 264 valence electrons. The fraction of sp³-hybridized carbons (Fsp3) is 0.576. The van der Waals surface area contributed by atoms with Crippen LogP contribution in [-0.2, 0) is 25.9 Å². The van der Waals surface area contributed by atoms with Gasteiger partial charge in [0.2, 0.25) is 16.8 Å². The van der Waals surface area contributed by atoms with E-state index in [1.54, 1.807) is 14.1 Å². The first-order valence-corrected chi connectivity index (χ1v) is 17.5. The van der Waals surface area contributed by atoms with E-state index in [1.165, 1.54) is 27.4 Å². The normalized spacial score (nSPS) is 21.5. The van der Waals surface area contributed by atoms with Gasteiger partial charge < -0.3 is 49.1 Å². The van der Waals surface area contributed by atoms with E-state index in [0.29, 0.717) is 25.2 Å². The number of carbonyl (C=O) groups is 2. The molecule has 2 aromatic carbocycles. The minimum atomic E-state index is -4.28. The van der Waals surface area contributed by atoms with Crippen molar-refractivity contribution < 1.29 is 47.2 Å². The summed E-state index contributed by atoms with van der Waals surface area (Å²) in [4.78, 5) is 27.5. The Labute approximate surface area is 281 Å². The fourth-order valence-corrected chi connectivity index (χ4v) is 8.17. The van der Waals surface area contributed by atoms with Crippen molar-refractivity contribution in [2.75, 3.05) is 53.7 Å². The predicted octanol–water partition coefficient (Wildman–Crippen LogP) is 1.47. The second-order valence-corrected chi connectivity index (χ2v) is 15.4. The average molecular weight is 690 g/mol. The zero-order valence-electron chi connectivity index (χ0n) is 27.7. The Balaban J connectivity index is 1.47. The zero-order chi connectivity index (χ0) is 34.6. The number of urea groups is 1. The molecule has 15 heteroatoms. The molecule has 48 heavy (non-hydrogen) atoms. The number of ether oxygens (including phenoxy) is 4. The second-order valence-electron chi connectivity index (χ2n) is 13.4. The number of aliphatic hydroxyl groups is 1. The van der Waals surface area contributed by atoms with Crippen LogP contribution < -0.4 is 19.9 Å². The van der Waals surface area contributed by atoms with Crippen molar-refractivity contribution in [1.29, 1.82) is 0 Å². The van der Waals surface area contributed by atoms with Crippen LogP contribution >= 0.6 is 0 Å². The second kappa shape index (κ2) is 14.9. The molecule has 5 rings (SSSR count). The van der Waals surface area contributed by atoms with Crippen LogP contribution in [0.1, 0.15) is 32.3 Å². The van der Waals surface area contributed by atoms with Crippen LogP contribution in [0.3, 0.4) is 0 Å². The lowest BCUT2D eigenvalue weighted by Crippen LogP contribution is -2.61. The summed E-state index contributed by atoms with van der Waals surface area (Å²) in [5, 5.41) is 27.7. The number of hydrogen-bond donors (Lipinski definition) is 2. The van der Waals surface area contributed by atoms with Crippen molar-refractivity contribution in [2.24, 2.45) is 11.3 Å². The molecule has 0 aromatic heterocycles. The van der Waals surface area contributed by atoms with Gasteiger partial charge in [0.1, 0.15) is 6.09 Å². The molecule has 5 atom stereocenters. The van der Waals surface area contributed by atoms with Crippen molar-refractivity contribution in [3.63, 3.8) is 0 Å². The summed E-state index contributed by atoms with van der Waals surface area (Å²) in [7, 11) is -1.02. The highest BCUT2D eigenvalue weighted by Crippen LogP contribution is 2.38. The molecular formula is C33H45N4O10S-. The monoisotopic (exact) mass is 689 g/mol. The number of carbonyl (C=O) groups excluding carboxylic acids is 2. The van der Waals surface area contributed by atoms with Crippen molar-refractivity contribution in [2.45, 2.75) is 62.5 Å². The minimum Gasteiger partial charge on any atom is -0.530 e. The Morgan fingerprint density at radius 1 is 1.08 bits per heavy atom. The SMILES string of the molecule is CN(C)C(=O)NCCC(C)(C)CN(C[C@@H](O)[C@H](Cc1ccccc1)N(C(=O)[O-])[C@H]1CO[C@H]2OCC[C@H]21)S(=O)(=O)c1ccc2c(c1)OCO2. The maximum absolute atomic E-state index is 14.4. The molecule has 0 spiro atoms.